The summed E-state index contributed by atoms with van der Waals surface area (Å²) in [5, 5.41) is 6.20. The van der Waals surface area contributed by atoms with E-state index in [1.54, 1.807) is 31.4 Å². The van der Waals surface area contributed by atoms with Crippen molar-refractivity contribution >= 4 is 17.3 Å². The first kappa shape index (κ1) is 16.7. The fourth-order valence-electron chi connectivity index (χ4n) is 2.35. The Morgan fingerprint density at radius 2 is 1.76 bits per heavy atom. The number of nitrogens with one attached hydrogen (secondary N) is 2. The summed E-state index contributed by atoms with van der Waals surface area (Å²) in [4.78, 5) is 8.30. The Balaban J connectivity index is 1.57. The number of rotatable bonds is 7. The first-order valence-electron chi connectivity index (χ1n) is 7.95. The third-order valence-corrected chi connectivity index (χ3v) is 3.68. The number of halogens is 1. The van der Waals surface area contributed by atoms with E-state index in [-0.39, 0.29) is 5.82 Å². The van der Waals surface area contributed by atoms with E-state index >= 15 is 0 Å². The molecule has 3 aromatic rings. The monoisotopic (exact) mass is 338 g/mol. The minimum absolute atomic E-state index is 0.324. The second-order valence-corrected chi connectivity index (χ2v) is 5.42. The molecule has 6 heteroatoms. The van der Waals surface area contributed by atoms with Crippen LogP contribution in [-0.4, -0.2) is 23.6 Å². The maximum Gasteiger partial charge on any atom is 0.146 e. The maximum absolute atomic E-state index is 13.7. The van der Waals surface area contributed by atoms with E-state index in [1.807, 2.05) is 24.3 Å². The van der Waals surface area contributed by atoms with Crippen molar-refractivity contribution in [3.8, 4) is 5.75 Å². The quantitative estimate of drug-likeness (QED) is 0.681. The Kier molecular flexibility index (Phi) is 5.41. The van der Waals surface area contributed by atoms with Gasteiger partial charge in [-0.05, 0) is 36.2 Å². The fourth-order valence-corrected chi connectivity index (χ4v) is 2.35. The molecule has 2 aromatic carbocycles. The summed E-state index contributed by atoms with van der Waals surface area (Å²) in [5.41, 5.74) is 1.58. The number of hydrogen-bond acceptors (Lipinski definition) is 5. The number of methoxy groups -OCH3 is 1. The van der Waals surface area contributed by atoms with Gasteiger partial charge in [-0.2, -0.15) is 0 Å². The van der Waals surface area contributed by atoms with E-state index in [4.69, 9.17) is 4.74 Å². The van der Waals surface area contributed by atoms with Gasteiger partial charge in [0.05, 0.1) is 12.8 Å². The first-order chi connectivity index (χ1) is 12.2. The Hall–Kier alpha value is -3.15. The molecule has 0 saturated carbocycles. The van der Waals surface area contributed by atoms with E-state index in [9.17, 15) is 4.39 Å². The average Bonchev–Trinajstić information content (AvgIpc) is 2.65. The number of para-hydroxylation sites is 1. The van der Waals surface area contributed by atoms with Crippen LogP contribution in [0.2, 0.25) is 0 Å². The largest absolute Gasteiger partial charge is 0.497 e. The molecule has 3 rings (SSSR count). The summed E-state index contributed by atoms with van der Waals surface area (Å²) >= 11 is 0. The van der Waals surface area contributed by atoms with Gasteiger partial charge in [0, 0.05) is 12.6 Å². The number of benzene rings is 2. The molecule has 0 aliphatic heterocycles. The van der Waals surface area contributed by atoms with Crippen LogP contribution in [0.5, 0.6) is 5.75 Å². The van der Waals surface area contributed by atoms with Gasteiger partial charge in [0.15, 0.2) is 0 Å². The van der Waals surface area contributed by atoms with Crippen LogP contribution in [0.1, 0.15) is 5.56 Å². The summed E-state index contributed by atoms with van der Waals surface area (Å²) in [5.74, 6) is 1.74. The Bertz CT molecular complexity index is 824. The van der Waals surface area contributed by atoms with Gasteiger partial charge in [-0.3, -0.25) is 0 Å². The lowest BCUT2D eigenvalue weighted by Gasteiger charge is -2.09. The van der Waals surface area contributed by atoms with Crippen molar-refractivity contribution < 1.29 is 9.13 Å². The van der Waals surface area contributed by atoms with Crippen LogP contribution in [0, 0.1) is 5.82 Å². The van der Waals surface area contributed by atoms with E-state index in [1.165, 1.54) is 18.0 Å². The summed E-state index contributed by atoms with van der Waals surface area (Å²) in [7, 11) is 1.65. The molecule has 0 radical (unpaired) electrons. The molecule has 0 atom stereocenters. The molecule has 0 aliphatic rings. The van der Waals surface area contributed by atoms with Crippen molar-refractivity contribution in [1.82, 2.24) is 9.97 Å². The average molecular weight is 338 g/mol. The molecule has 0 aliphatic carbocycles. The fraction of sp³-hybridized carbons (Fsp3) is 0.158. The van der Waals surface area contributed by atoms with E-state index in [2.05, 4.69) is 20.6 Å². The Morgan fingerprint density at radius 1 is 1.00 bits per heavy atom. The molecule has 128 valence electrons. The van der Waals surface area contributed by atoms with Crippen LogP contribution >= 0.6 is 0 Å². The highest BCUT2D eigenvalue weighted by molar-refractivity contribution is 5.59. The lowest BCUT2D eigenvalue weighted by molar-refractivity contribution is 0.414. The van der Waals surface area contributed by atoms with Crippen molar-refractivity contribution in [1.29, 1.82) is 0 Å². The second kappa shape index (κ2) is 8.10. The van der Waals surface area contributed by atoms with Gasteiger partial charge < -0.3 is 15.4 Å². The molecule has 0 bridgehead atoms. The van der Waals surface area contributed by atoms with Crippen LogP contribution in [0.25, 0.3) is 0 Å². The van der Waals surface area contributed by atoms with E-state index in [0.717, 1.165) is 18.7 Å². The van der Waals surface area contributed by atoms with Gasteiger partial charge in [0.1, 0.15) is 29.5 Å². The van der Waals surface area contributed by atoms with Gasteiger partial charge in [0.2, 0.25) is 0 Å². The molecule has 0 saturated heterocycles. The molecule has 1 heterocycles. The highest BCUT2D eigenvalue weighted by Crippen LogP contribution is 2.19. The molecule has 0 amide bonds. The zero-order valence-electron chi connectivity index (χ0n) is 13.9. The van der Waals surface area contributed by atoms with Crippen molar-refractivity contribution in [3.63, 3.8) is 0 Å². The number of ether oxygens (including phenoxy) is 1. The smallest absolute Gasteiger partial charge is 0.146 e. The van der Waals surface area contributed by atoms with E-state index in [0.29, 0.717) is 17.3 Å². The lowest BCUT2D eigenvalue weighted by Crippen LogP contribution is -2.07. The molecule has 0 fully saturated rings. The Morgan fingerprint density at radius 3 is 2.52 bits per heavy atom. The topological polar surface area (TPSA) is 59.1 Å². The molecule has 0 spiro atoms. The summed E-state index contributed by atoms with van der Waals surface area (Å²) in [6.45, 7) is 0.725. The van der Waals surface area contributed by atoms with Crippen LogP contribution < -0.4 is 15.4 Å². The van der Waals surface area contributed by atoms with E-state index < -0.39 is 0 Å². The predicted molar refractivity (Wildman–Crippen MR) is 96.9 cm³/mol. The number of hydrogen-bond donors (Lipinski definition) is 2. The molecule has 2 N–H and O–H groups in total. The molecule has 1 aromatic heterocycles. The minimum Gasteiger partial charge on any atom is -0.497 e. The third kappa shape index (κ3) is 4.67. The minimum atomic E-state index is -0.324. The second-order valence-electron chi connectivity index (χ2n) is 5.42. The molecule has 0 unspecified atom stereocenters. The maximum atomic E-state index is 13.7. The molecular weight excluding hydrogens is 319 g/mol. The van der Waals surface area contributed by atoms with Gasteiger partial charge in [-0.15, -0.1) is 0 Å². The van der Waals surface area contributed by atoms with Crippen LogP contribution in [0.3, 0.4) is 0 Å². The van der Waals surface area contributed by atoms with Crippen molar-refractivity contribution in [2.75, 3.05) is 24.3 Å². The molecule has 5 nitrogen and oxygen atoms in total. The van der Waals surface area contributed by atoms with Crippen LogP contribution in [-0.2, 0) is 6.42 Å². The highest BCUT2D eigenvalue weighted by atomic mass is 19.1. The molecule has 25 heavy (non-hydrogen) atoms. The van der Waals surface area contributed by atoms with Crippen molar-refractivity contribution in [2.45, 2.75) is 6.42 Å². The molecular formula is C19H19FN4O. The normalized spacial score (nSPS) is 10.3. The van der Waals surface area contributed by atoms with Gasteiger partial charge >= 0.3 is 0 Å². The van der Waals surface area contributed by atoms with Gasteiger partial charge in [-0.1, -0.05) is 24.3 Å². The first-order valence-corrected chi connectivity index (χ1v) is 7.95. The summed E-state index contributed by atoms with van der Waals surface area (Å²) in [6.07, 6.45) is 2.29. The van der Waals surface area contributed by atoms with Crippen molar-refractivity contribution in [3.05, 3.63) is 72.3 Å². The zero-order valence-corrected chi connectivity index (χ0v) is 13.9. The third-order valence-electron chi connectivity index (χ3n) is 3.68. The zero-order chi connectivity index (χ0) is 17.5. The number of nitrogens with zero attached hydrogens (tertiary/aromatic N) is 2. The number of anilines is 3. The standard InChI is InChI=1S/C19H19FN4O/c1-25-15-8-6-14(7-9-15)10-11-21-18-12-19(23-13-22-18)24-17-5-3-2-4-16(17)20/h2-9,12-13H,10-11H2,1H3,(H2,21,22,23,24). The van der Waals surface area contributed by atoms with Crippen molar-refractivity contribution in [2.24, 2.45) is 0 Å². The Labute approximate surface area is 145 Å². The number of aromatic nitrogens is 2. The van der Waals surface area contributed by atoms with Gasteiger partial charge in [0.25, 0.3) is 0 Å². The SMILES string of the molecule is COc1ccc(CCNc2cc(Nc3ccccc3F)ncn2)cc1. The van der Waals surface area contributed by atoms with Crippen LogP contribution in [0.4, 0.5) is 21.7 Å². The lowest BCUT2D eigenvalue weighted by atomic mass is 10.1. The van der Waals surface area contributed by atoms with Gasteiger partial charge in [-0.25, -0.2) is 14.4 Å². The van der Waals surface area contributed by atoms with Crippen LogP contribution in [0.15, 0.2) is 60.9 Å². The summed E-state index contributed by atoms with van der Waals surface area (Å²) < 4.78 is 18.8. The predicted octanol–water partition coefficient (Wildman–Crippen LogP) is 4.02. The highest BCUT2D eigenvalue weighted by Gasteiger charge is 2.03. The summed E-state index contributed by atoms with van der Waals surface area (Å²) in [6, 6.07) is 16.2.